The van der Waals surface area contributed by atoms with E-state index in [1.807, 2.05) is 52.0 Å². The van der Waals surface area contributed by atoms with Crippen LogP contribution in [0.3, 0.4) is 0 Å². The minimum Gasteiger partial charge on any atom is -0.491 e. The molecule has 0 unspecified atom stereocenters. The third kappa shape index (κ3) is 3.44. The molecule has 0 fully saturated rings. The first-order valence-electron chi connectivity index (χ1n) is 6.72. The van der Waals surface area contributed by atoms with E-state index in [0.29, 0.717) is 11.1 Å². The average Bonchev–Trinajstić information content (AvgIpc) is 2.37. The maximum absolute atomic E-state index is 12.4. The molecule has 1 aromatic carbocycles. The number of aryl methyl sites for hydroxylation is 2. The molecule has 1 heterocycles. The van der Waals surface area contributed by atoms with E-state index in [-0.39, 0.29) is 11.9 Å². The summed E-state index contributed by atoms with van der Waals surface area (Å²) < 4.78 is 5.57. The van der Waals surface area contributed by atoms with Gasteiger partial charge >= 0.3 is 0 Å². The summed E-state index contributed by atoms with van der Waals surface area (Å²) in [4.78, 5) is 16.7. The largest absolute Gasteiger partial charge is 0.491 e. The highest BCUT2D eigenvalue weighted by Crippen LogP contribution is 2.17. The fourth-order valence-electron chi connectivity index (χ4n) is 2.09. The van der Waals surface area contributed by atoms with Gasteiger partial charge in [0.2, 0.25) is 0 Å². The molecule has 104 valence electrons. The van der Waals surface area contributed by atoms with Gasteiger partial charge in [-0.2, -0.15) is 0 Å². The first-order valence-corrected chi connectivity index (χ1v) is 6.72. The van der Waals surface area contributed by atoms with Gasteiger partial charge in [-0.15, -0.1) is 0 Å². The monoisotopic (exact) mass is 269 g/mol. The zero-order chi connectivity index (χ0) is 14.7. The standard InChI is InChI=1S/C17H19NO2/c1-11(2)20-16-7-5-14(6-8-16)17(19)15-9-12(3)18-13(4)10-15/h5-11H,1-4H3. The Bertz CT molecular complexity index is 595. The molecule has 0 aliphatic carbocycles. The van der Waals surface area contributed by atoms with E-state index in [1.165, 1.54) is 0 Å². The second kappa shape index (κ2) is 5.87. The Hall–Kier alpha value is -2.16. The number of ketones is 1. The van der Waals surface area contributed by atoms with Gasteiger partial charge in [-0.1, -0.05) is 0 Å². The number of benzene rings is 1. The Labute approximate surface area is 119 Å². The molecule has 0 aliphatic rings. The molecule has 20 heavy (non-hydrogen) atoms. The van der Waals surface area contributed by atoms with Crippen molar-refractivity contribution >= 4 is 5.78 Å². The predicted octanol–water partition coefficient (Wildman–Crippen LogP) is 3.72. The number of rotatable bonds is 4. The second-order valence-corrected chi connectivity index (χ2v) is 5.16. The van der Waals surface area contributed by atoms with Crippen LogP contribution in [0.5, 0.6) is 5.75 Å². The Balaban J connectivity index is 2.24. The number of aromatic nitrogens is 1. The predicted molar refractivity (Wildman–Crippen MR) is 79.3 cm³/mol. The minimum atomic E-state index is 0.00898. The molecule has 0 saturated heterocycles. The van der Waals surface area contributed by atoms with E-state index in [4.69, 9.17) is 4.74 Å². The molecule has 0 N–H and O–H groups in total. The zero-order valence-electron chi connectivity index (χ0n) is 12.3. The van der Waals surface area contributed by atoms with Crippen LogP contribution in [0.15, 0.2) is 36.4 Å². The molecule has 3 heteroatoms. The summed E-state index contributed by atoms with van der Waals surface area (Å²) in [5.41, 5.74) is 3.04. The number of hydrogen-bond acceptors (Lipinski definition) is 3. The molecule has 0 saturated carbocycles. The molecule has 0 atom stereocenters. The highest BCUT2D eigenvalue weighted by atomic mass is 16.5. The third-order valence-electron chi connectivity index (χ3n) is 2.83. The summed E-state index contributed by atoms with van der Waals surface area (Å²) >= 11 is 0. The lowest BCUT2D eigenvalue weighted by Gasteiger charge is -2.10. The molecule has 3 nitrogen and oxygen atoms in total. The van der Waals surface area contributed by atoms with Crippen molar-refractivity contribution in [1.82, 2.24) is 4.98 Å². The summed E-state index contributed by atoms with van der Waals surface area (Å²) in [6.07, 6.45) is 0.127. The summed E-state index contributed by atoms with van der Waals surface area (Å²) in [7, 11) is 0. The van der Waals surface area contributed by atoms with Crippen molar-refractivity contribution in [3.05, 3.63) is 58.9 Å². The SMILES string of the molecule is Cc1cc(C(=O)c2ccc(OC(C)C)cc2)cc(C)n1. The van der Waals surface area contributed by atoms with Gasteiger partial charge in [0.15, 0.2) is 5.78 Å². The van der Waals surface area contributed by atoms with Crippen LogP contribution in [0.4, 0.5) is 0 Å². The lowest BCUT2D eigenvalue weighted by atomic mass is 10.0. The summed E-state index contributed by atoms with van der Waals surface area (Å²) in [6, 6.07) is 10.9. The van der Waals surface area contributed by atoms with Crippen molar-refractivity contribution < 1.29 is 9.53 Å². The maximum Gasteiger partial charge on any atom is 0.193 e. The molecule has 0 aliphatic heterocycles. The Morgan fingerprint density at radius 2 is 1.55 bits per heavy atom. The lowest BCUT2D eigenvalue weighted by Crippen LogP contribution is -2.06. The molecule has 1 aromatic heterocycles. The smallest absolute Gasteiger partial charge is 0.193 e. The van der Waals surface area contributed by atoms with Crippen molar-refractivity contribution in [2.24, 2.45) is 0 Å². The fourth-order valence-corrected chi connectivity index (χ4v) is 2.09. The number of hydrogen-bond donors (Lipinski definition) is 0. The van der Waals surface area contributed by atoms with Crippen LogP contribution < -0.4 is 4.74 Å². The average molecular weight is 269 g/mol. The van der Waals surface area contributed by atoms with Gasteiger partial charge in [0, 0.05) is 22.5 Å². The van der Waals surface area contributed by atoms with Crippen molar-refractivity contribution in [3.8, 4) is 5.75 Å². The first-order chi connectivity index (χ1) is 9.45. The topological polar surface area (TPSA) is 39.2 Å². The van der Waals surface area contributed by atoms with E-state index in [0.717, 1.165) is 17.1 Å². The van der Waals surface area contributed by atoms with Crippen LogP contribution in [0, 0.1) is 13.8 Å². The number of nitrogens with zero attached hydrogens (tertiary/aromatic N) is 1. The van der Waals surface area contributed by atoms with Crippen LogP contribution in [0.2, 0.25) is 0 Å². The van der Waals surface area contributed by atoms with Crippen molar-refractivity contribution in [1.29, 1.82) is 0 Å². The van der Waals surface area contributed by atoms with Crippen molar-refractivity contribution in [2.75, 3.05) is 0 Å². The Kier molecular flexibility index (Phi) is 4.18. The van der Waals surface area contributed by atoms with E-state index < -0.39 is 0 Å². The maximum atomic E-state index is 12.4. The summed E-state index contributed by atoms with van der Waals surface area (Å²) in [5.74, 6) is 0.785. The highest BCUT2D eigenvalue weighted by Gasteiger charge is 2.10. The van der Waals surface area contributed by atoms with Gasteiger partial charge in [-0.25, -0.2) is 0 Å². The fraction of sp³-hybridized carbons (Fsp3) is 0.294. The van der Waals surface area contributed by atoms with Gasteiger partial charge in [0.1, 0.15) is 5.75 Å². The number of carbonyl (C=O) groups excluding carboxylic acids is 1. The molecule has 2 aromatic rings. The van der Waals surface area contributed by atoms with E-state index in [1.54, 1.807) is 12.1 Å². The lowest BCUT2D eigenvalue weighted by molar-refractivity contribution is 0.103. The number of pyridine rings is 1. The molecular weight excluding hydrogens is 250 g/mol. The van der Waals surface area contributed by atoms with E-state index in [2.05, 4.69) is 4.98 Å². The first kappa shape index (κ1) is 14.3. The van der Waals surface area contributed by atoms with Crippen LogP contribution in [-0.2, 0) is 0 Å². The Morgan fingerprint density at radius 3 is 2.05 bits per heavy atom. The van der Waals surface area contributed by atoms with E-state index in [9.17, 15) is 4.79 Å². The quantitative estimate of drug-likeness (QED) is 0.794. The van der Waals surface area contributed by atoms with Gasteiger partial charge in [-0.05, 0) is 64.1 Å². The minimum absolute atomic E-state index is 0.00898. The summed E-state index contributed by atoms with van der Waals surface area (Å²) in [6.45, 7) is 7.73. The zero-order valence-corrected chi connectivity index (χ0v) is 12.3. The molecule has 0 bridgehead atoms. The molecule has 0 radical (unpaired) electrons. The second-order valence-electron chi connectivity index (χ2n) is 5.16. The highest BCUT2D eigenvalue weighted by molar-refractivity contribution is 6.09. The molecule has 2 rings (SSSR count). The molecule has 0 amide bonds. The normalized spacial score (nSPS) is 10.7. The van der Waals surface area contributed by atoms with Gasteiger partial charge in [0.25, 0.3) is 0 Å². The molecule has 0 spiro atoms. The summed E-state index contributed by atoms with van der Waals surface area (Å²) in [5, 5.41) is 0. The van der Waals surface area contributed by atoms with Gasteiger partial charge in [-0.3, -0.25) is 9.78 Å². The van der Waals surface area contributed by atoms with Crippen molar-refractivity contribution in [2.45, 2.75) is 33.8 Å². The van der Waals surface area contributed by atoms with Gasteiger partial charge in [0.05, 0.1) is 6.10 Å². The van der Waals surface area contributed by atoms with Gasteiger partial charge < -0.3 is 4.74 Å². The Morgan fingerprint density at radius 1 is 1.00 bits per heavy atom. The van der Waals surface area contributed by atoms with Crippen LogP contribution >= 0.6 is 0 Å². The van der Waals surface area contributed by atoms with Crippen molar-refractivity contribution in [3.63, 3.8) is 0 Å². The molecular formula is C17H19NO2. The van der Waals surface area contributed by atoms with Crippen LogP contribution in [0.25, 0.3) is 0 Å². The van der Waals surface area contributed by atoms with Crippen LogP contribution in [-0.4, -0.2) is 16.9 Å². The number of ether oxygens (including phenoxy) is 1. The third-order valence-corrected chi connectivity index (χ3v) is 2.83. The number of carbonyl (C=O) groups is 1. The van der Waals surface area contributed by atoms with Crippen LogP contribution in [0.1, 0.15) is 41.2 Å². The van der Waals surface area contributed by atoms with E-state index >= 15 is 0 Å².